The van der Waals surface area contributed by atoms with Gasteiger partial charge in [-0.15, -0.1) is 11.3 Å². The minimum Gasteiger partial charge on any atom is -0.390 e. The van der Waals surface area contributed by atoms with Crippen LogP contribution < -0.4 is 11.2 Å². The number of nitrogens with zero attached hydrogens (tertiary/aromatic N) is 4. The molecule has 3 heterocycles. The second-order valence-corrected chi connectivity index (χ2v) is 9.21. The molecular weight excluding hydrogens is 446 g/mol. The molecule has 174 valence electrons. The summed E-state index contributed by atoms with van der Waals surface area (Å²) in [5, 5.41) is 24.3. The number of aliphatic hydroxyl groups is 2. The molecule has 3 atom stereocenters. The van der Waals surface area contributed by atoms with E-state index in [1.807, 2.05) is 17.5 Å². The third-order valence-electron chi connectivity index (χ3n) is 6.10. The smallest absolute Gasteiger partial charge is 0.328 e. The fourth-order valence-electron chi connectivity index (χ4n) is 4.07. The fraction of sp³-hybridized carbons (Fsp3) is 0.409. The summed E-state index contributed by atoms with van der Waals surface area (Å²) in [5.41, 5.74) is -1.14. The maximum atomic E-state index is 12.8. The SMILES string of the molecule is CN(C(=O)Cc1csc(-c2cccnc2)n1)[C@H]1CC[C@@](O)(Cn2ccc(=O)[nH]c2=O)[C@H](O)C1. The lowest BCUT2D eigenvalue weighted by Crippen LogP contribution is -2.55. The van der Waals surface area contributed by atoms with Gasteiger partial charge in [-0.05, 0) is 31.4 Å². The first-order chi connectivity index (χ1) is 15.7. The second kappa shape index (κ2) is 9.38. The molecule has 0 aromatic carbocycles. The largest absolute Gasteiger partial charge is 0.390 e. The van der Waals surface area contributed by atoms with Gasteiger partial charge >= 0.3 is 5.69 Å². The van der Waals surface area contributed by atoms with Crippen molar-refractivity contribution < 1.29 is 15.0 Å². The van der Waals surface area contributed by atoms with E-state index in [-0.39, 0.29) is 37.8 Å². The van der Waals surface area contributed by atoms with E-state index in [9.17, 15) is 24.6 Å². The molecule has 10 nitrogen and oxygen atoms in total. The zero-order valence-electron chi connectivity index (χ0n) is 18.0. The van der Waals surface area contributed by atoms with Crippen LogP contribution in [0.25, 0.3) is 10.6 Å². The minimum absolute atomic E-state index is 0.127. The molecule has 33 heavy (non-hydrogen) atoms. The molecule has 4 rings (SSSR count). The molecule has 0 aliphatic heterocycles. The van der Waals surface area contributed by atoms with E-state index in [1.54, 1.807) is 24.3 Å². The number of carbonyl (C=O) groups excluding carboxylic acids is 1. The van der Waals surface area contributed by atoms with Crippen molar-refractivity contribution in [2.45, 2.75) is 50.0 Å². The maximum Gasteiger partial charge on any atom is 0.328 e. The number of rotatable bonds is 6. The summed E-state index contributed by atoms with van der Waals surface area (Å²) in [7, 11) is 1.69. The van der Waals surface area contributed by atoms with Crippen LogP contribution in [0.2, 0.25) is 0 Å². The Balaban J connectivity index is 1.37. The van der Waals surface area contributed by atoms with E-state index in [2.05, 4.69) is 15.0 Å². The number of likely N-dealkylation sites (N-methyl/N-ethyl adjacent to an activating group) is 1. The zero-order valence-corrected chi connectivity index (χ0v) is 18.9. The molecule has 1 aliphatic carbocycles. The van der Waals surface area contributed by atoms with E-state index in [0.717, 1.165) is 10.6 Å². The first-order valence-corrected chi connectivity index (χ1v) is 11.4. The highest BCUT2D eigenvalue weighted by molar-refractivity contribution is 7.13. The standard InChI is InChI=1S/C22H25N5O5S/c1-26(19(30)9-15-12-33-20(24-15)14-3-2-7-23-11-14)16-4-6-22(32,17(28)10-16)13-27-8-5-18(29)25-21(27)31/h2-3,5,7-8,11-12,16-17,28,32H,4,6,9-10,13H2,1H3,(H,25,29,31)/t16-,17+,22+/m0/s1. The molecule has 1 amide bonds. The number of hydrogen-bond acceptors (Lipinski definition) is 8. The molecule has 0 bridgehead atoms. The van der Waals surface area contributed by atoms with Gasteiger partial charge in [-0.2, -0.15) is 0 Å². The van der Waals surface area contributed by atoms with E-state index in [4.69, 9.17) is 0 Å². The highest BCUT2D eigenvalue weighted by atomic mass is 32.1. The molecule has 3 N–H and O–H groups in total. The molecule has 0 unspecified atom stereocenters. The van der Waals surface area contributed by atoms with Gasteiger partial charge in [0, 0.05) is 48.7 Å². The number of hydrogen-bond donors (Lipinski definition) is 3. The van der Waals surface area contributed by atoms with Crippen molar-refractivity contribution in [2.24, 2.45) is 0 Å². The van der Waals surface area contributed by atoms with Crippen LogP contribution in [0.15, 0.2) is 51.8 Å². The molecule has 11 heteroatoms. The molecule has 3 aromatic rings. The number of H-pyrrole nitrogens is 1. The van der Waals surface area contributed by atoms with Crippen LogP contribution >= 0.6 is 11.3 Å². The number of thiazole rings is 1. The number of nitrogens with one attached hydrogen (secondary N) is 1. The van der Waals surface area contributed by atoms with Crippen molar-refractivity contribution in [1.82, 2.24) is 24.4 Å². The second-order valence-electron chi connectivity index (χ2n) is 8.35. The molecule has 3 aromatic heterocycles. The Bertz CT molecular complexity index is 1240. The Labute approximate surface area is 193 Å². The van der Waals surface area contributed by atoms with Crippen molar-refractivity contribution in [1.29, 1.82) is 0 Å². The predicted octanol–water partition coefficient (Wildman–Crippen LogP) is 0.401. The number of aromatic nitrogens is 4. The van der Waals surface area contributed by atoms with Gasteiger partial charge in [0.1, 0.15) is 10.6 Å². The van der Waals surface area contributed by atoms with Gasteiger partial charge in [-0.25, -0.2) is 9.78 Å². The third-order valence-corrected chi connectivity index (χ3v) is 7.04. The van der Waals surface area contributed by atoms with E-state index >= 15 is 0 Å². The summed E-state index contributed by atoms with van der Waals surface area (Å²) >= 11 is 1.45. The van der Waals surface area contributed by atoms with Crippen molar-refractivity contribution in [2.75, 3.05) is 7.05 Å². The van der Waals surface area contributed by atoms with E-state index in [1.165, 1.54) is 28.2 Å². The Morgan fingerprint density at radius 2 is 2.21 bits per heavy atom. The zero-order chi connectivity index (χ0) is 23.6. The molecule has 0 spiro atoms. The molecule has 1 saturated carbocycles. The van der Waals surface area contributed by atoms with Gasteiger partial charge in [-0.1, -0.05) is 0 Å². The molecular formula is C22H25N5O5S. The van der Waals surface area contributed by atoms with Gasteiger partial charge < -0.3 is 15.1 Å². The summed E-state index contributed by atoms with van der Waals surface area (Å²) in [6.07, 6.45) is 4.54. The van der Waals surface area contributed by atoms with Crippen LogP contribution in [0.4, 0.5) is 0 Å². The number of pyridine rings is 1. The average molecular weight is 472 g/mol. The topological polar surface area (TPSA) is 141 Å². The molecule has 1 fully saturated rings. The number of aromatic amines is 1. The number of carbonyl (C=O) groups is 1. The average Bonchev–Trinajstić information content (AvgIpc) is 3.26. The van der Waals surface area contributed by atoms with Gasteiger partial charge in [-0.3, -0.25) is 24.1 Å². The van der Waals surface area contributed by atoms with Crippen molar-refractivity contribution in [3.63, 3.8) is 0 Å². The van der Waals surface area contributed by atoms with Crippen molar-refractivity contribution in [3.8, 4) is 10.6 Å². The Hall–Kier alpha value is -3.15. The van der Waals surface area contributed by atoms with Gasteiger partial charge in [0.25, 0.3) is 5.56 Å². The van der Waals surface area contributed by atoms with Crippen LogP contribution in [0.5, 0.6) is 0 Å². The monoisotopic (exact) mass is 471 g/mol. The normalized spacial score (nSPS) is 22.8. The summed E-state index contributed by atoms with van der Waals surface area (Å²) in [6, 6.07) is 4.68. The van der Waals surface area contributed by atoms with Crippen LogP contribution in [0.1, 0.15) is 25.0 Å². The molecule has 1 aliphatic rings. The lowest BCUT2D eigenvalue weighted by molar-refractivity contribution is -0.143. The van der Waals surface area contributed by atoms with Crippen LogP contribution in [0, 0.1) is 0 Å². The summed E-state index contributed by atoms with van der Waals surface area (Å²) in [4.78, 5) is 48.4. The number of amides is 1. The predicted molar refractivity (Wildman–Crippen MR) is 122 cm³/mol. The Morgan fingerprint density at radius 1 is 1.39 bits per heavy atom. The van der Waals surface area contributed by atoms with Gasteiger partial charge in [0.15, 0.2) is 0 Å². The van der Waals surface area contributed by atoms with Crippen molar-refractivity contribution >= 4 is 17.2 Å². The summed E-state index contributed by atoms with van der Waals surface area (Å²) in [5.74, 6) is -0.127. The quantitative estimate of drug-likeness (QED) is 0.472. The van der Waals surface area contributed by atoms with E-state index < -0.39 is 23.0 Å². The fourth-order valence-corrected chi connectivity index (χ4v) is 4.88. The highest BCUT2D eigenvalue weighted by Gasteiger charge is 2.43. The van der Waals surface area contributed by atoms with Crippen LogP contribution in [-0.4, -0.2) is 65.3 Å². The van der Waals surface area contributed by atoms with Gasteiger partial charge in [0.05, 0.1) is 24.8 Å². The molecule has 0 saturated heterocycles. The Kier molecular flexibility index (Phi) is 6.54. The summed E-state index contributed by atoms with van der Waals surface area (Å²) in [6.45, 7) is -0.149. The van der Waals surface area contributed by atoms with Gasteiger partial charge in [0.2, 0.25) is 5.91 Å². The highest BCUT2D eigenvalue weighted by Crippen LogP contribution is 2.32. The van der Waals surface area contributed by atoms with Crippen LogP contribution in [0.3, 0.4) is 0 Å². The first-order valence-electron chi connectivity index (χ1n) is 10.6. The van der Waals surface area contributed by atoms with E-state index in [0.29, 0.717) is 12.1 Å². The number of aliphatic hydroxyl groups excluding tert-OH is 1. The van der Waals surface area contributed by atoms with Crippen LogP contribution in [-0.2, 0) is 17.8 Å². The Morgan fingerprint density at radius 3 is 2.91 bits per heavy atom. The molecule has 0 radical (unpaired) electrons. The van der Waals surface area contributed by atoms with Crippen molar-refractivity contribution in [3.05, 3.63) is 68.7 Å². The first kappa shape index (κ1) is 23.0. The maximum absolute atomic E-state index is 12.8. The summed E-state index contributed by atoms with van der Waals surface area (Å²) < 4.78 is 1.17. The third kappa shape index (κ3) is 5.10. The minimum atomic E-state index is -1.53. The lowest BCUT2D eigenvalue weighted by atomic mass is 9.79. The lowest BCUT2D eigenvalue weighted by Gasteiger charge is -2.43.